The van der Waals surface area contributed by atoms with Crippen LogP contribution in [0.25, 0.3) is 0 Å². The molecule has 0 bridgehead atoms. The van der Waals surface area contributed by atoms with Gasteiger partial charge in [-0.15, -0.1) is 0 Å². The van der Waals surface area contributed by atoms with Crippen molar-refractivity contribution >= 4 is 39.0 Å². The Bertz CT molecular complexity index is 1440. The number of piperazine rings is 1. The summed E-state index contributed by atoms with van der Waals surface area (Å²) in [5.74, 6) is -3.68. The van der Waals surface area contributed by atoms with Crippen molar-refractivity contribution in [1.29, 1.82) is 0 Å². The molecule has 3 aliphatic heterocycles. The minimum atomic E-state index is -3.80. The van der Waals surface area contributed by atoms with Crippen molar-refractivity contribution in [2.45, 2.75) is 61.1 Å². The number of likely N-dealkylation sites (tertiary alicyclic amines) is 1. The highest BCUT2D eigenvalue weighted by atomic mass is 35.5. The number of sulfonamides is 1. The SMILES string of the molecule is N[C@@H]1CC(=O)N(c2ccc(S(=O)(=O)N3CCN(c4cc(C(F)(F)[C@H]5CC[C@H](N6CC(O)C6)CC5)cc(Cl)n4)CC3)cc2)C1. The average Bonchev–Trinajstić information content (AvgIpc) is 3.32. The fourth-order valence-corrected chi connectivity index (χ4v) is 8.38. The number of anilines is 2. The van der Waals surface area contributed by atoms with Crippen molar-refractivity contribution in [3.8, 4) is 0 Å². The highest BCUT2D eigenvalue weighted by Crippen LogP contribution is 2.46. The molecule has 1 aromatic heterocycles. The van der Waals surface area contributed by atoms with E-state index < -0.39 is 21.9 Å². The largest absolute Gasteiger partial charge is 0.390 e. The lowest BCUT2D eigenvalue weighted by Gasteiger charge is -2.45. The van der Waals surface area contributed by atoms with E-state index >= 15 is 8.78 Å². The molecule has 0 radical (unpaired) electrons. The van der Waals surface area contributed by atoms with Crippen molar-refractivity contribution in [1.82, 2.24) is 14.2 Å². The van der Waals surface area contributed by atoms with E-state index in [4.69, 9.17) is 17.3 Å². The second kappa shape index (κ2) is 11.8. The van der Waals surface area contributed by atoms with Crippen LogP contribution < -0.4 is 15.5 Å². The second-order valence-electron chi connectivity index (χ2n) is 12.1. The number of hydrogen-bond donors (Lipinski definition) is 2. The number of benzene rings is 1. The monoisotopic (exact) mass is 638 g/mol. The first-order chi connectivity index (χ1) is 20.4. The van der Waals surface area contributed by atoms with Crippen LogP contribution in [0.2, 0.25) is 5.15 Å². The summed E-state index contributed by atoms with van der Waals surface area (Å²) in [5.41, 5.74) is 6.31. The van der Waals surface area contributed by atoms with Crippen molar-refractivity contribution in [2.24, 2.45) is 11.7 Å². The lowest BCUT2D eigenvalue weighted by molar-refractivity contribution is -0.117. The predicted molar refractivity (Wildman–Crippen MR) is 159 cm³/mol. The van der Waals surface area contributed by atoms with Crippen molar-refractivity contribution in [3.63, 3.8) is 0 Å². The number of aliphatic hydroxyl groups is 1. The third-order valence-electron chi connectivity index (χ3n) is 9.29. The molecule has 43 heavy (non-hydrogen) atoms. The summed E-state index contributed by atoms with van der Waals surface area (Å²) in [6.45, 7) is 2.46. The zero-order chi connectivity index (χ0) is 30.5. The lowest BCUT2D eigenvalue weighted by Crippen LogP contribution is -2.56. The molecule has 6 rings (SSSR count). The first-order valence-electron chi connectivity index (χ1n) is 14.8. The van der Waals surface area contributed by atoms with Gasteiger partial charge in [-0.3, -0.25) is 9.69 Å². The molecule has 4 heterocycles. The lowest BCUT2D eigenvalue weighted by atomic mass is 9.79. The van der Waals surface area contributed by atoms with E-state index in [1.165, 1.54) is 28.6 Å². The molecule has 1 aromatic carbocycles. The maximum Gasteiger partial charge on any atom is 0.276 e. The van der Waals surface area contributed by atoms with E-state index in [2.05, 4.69) is 9.88 Å². The van der Waals surface area contributed by atoms with Crippen LogP contribution in [0.5, 0.6) is 0 Å². The molecule has 14 heteroatoms. The van der Waals surface area contributed by atoms with Gasteiger partial charge in [0.1, 0.15) is 11.0 Å². The Morgan fingerprint density at radius 1 is 0.977 bits per heavy atom. The zero-order valence-corrected chi connectivity index (χ0v) is 25.4. The Balaban J connectivity index is 1.09. The summed E-state index contributed by atoms with van der Waals surface area (Å²) in [5, 5.41) is 9.55. The second-order valence-corrected chi connectivity index (χ2v) is 14.5. The zero-order valence-electron chi connectivity index (χ0n) is 23.8. The van der Waals surface area contributed by atoms with Gasteiger partial charge in [0.05, 0.1) is 11.0 Å². The molecular weight excluding hydrogens is 602 g/mol. The number of nitrogens with zero attached hydrogens (tertiary/aromatic N) is 5. The van der Waals surface area contributed by atoms with Gasteiger partial charge in [0, 0.05) is 81.5 Å². The highest BCUT2D eigenvalue weighted by molar-refractivity contribution is 7.89. The Kier molecular flexibility index (Phi) is 8.42. The summed E-state index contributed by atoms with van der Waals surface area (Å²) in [6, 6.07) is 8.82. The number of halogens is 3. The molecule has 4 fully saturated rings. The summed E-state index contributed by atoms with van der Waals surface area (Å²) in [6.07, 6.45) is 2.07. The predicted octanol–water partition coefficient (Wildman–Crippen LogP) is 2.64. The summed E-state index contributed by atoms with van der Waals surface area (Å²) in [7, 11) is -3.80. The molecule has 0 spiro atoms. The van der Waals surface area contributed by atoms with Gasteiger partial charge in [0.15, 0.2) is 0 Å². The van der Waals surface area contributed by atoms with Crippen molar-refractivity contribution < 1.29 is 27.1 Å². The molecule has 3 N–H and O–H groups in total. The number of aromatic nitrogens is 1. The van der Waals surface area contributed by atoms with E-state index in [9.17, 15) is 18.3 Å². The van der Waals surface area contributed by atoms with Crippen molar-refractivity contribution in [3.05, 3.63) is 47.1 Å². The van der Waals surface area contributed by atoms with Crippen molar-refractivity contribution in [2.75, 3.05) is 55.6 Å². The molecule has 4 aliphatic rings. The van der Waals surface area contributed by atoms with Gasteiger partial charge in [0.25, 0.3) is 5.92 Å². The highest BCUT2D eigenvalue weighted by Gasteiger charge is 2.45. The van der Waals surface area contributed by atoms with Gasteiger partial charge >= 0.3 is 0 Å². The van der Waals surface area contributed by atoms with E-state index in [-0.39, 0.29) is 72.3 Å². The summed E-state index contributed by atoms with van der Waals surface area (Å²) >= 11 is 6.24. The molecule has 2 aromatic rings. The number of nitrogens with two attached hydrogens (primary N) is 1. The molecule has 3 saturated heterocycles. The van der Waals surface area contributed by atoms with Gasteiger partial charge < -0.3 is 20.6 Å². The molecule has 1 atom stereocenters. The van der Waals surface area contributed by atoms with E-state index in [0.29, 0.717) is 56.8 Å². The van der Waals surface area contributed by atoms with Gasteiger partial charge in [-0.05, 0) is 62.1 Å². The first-order valence-corrected chi connectivity index (χ1v) is 16.6. The Morgan fingerprint density at radius 3 is 2.21 bits per heavy atom. The van der Waals surface area contributed by atoms with Crippen LogP contribution in [0.3, 0.4) is 0 Å². The van der Waals surface area contributed by atoms with Crippen LogP contribution >= 0.6 is 11.6 Å². The van der Waals surface area contributed by atoms with Gasteiger partial charge in [-0.1, -0.05) is 11.6 Å². The number of carbonyl (C=O) groups is 1. The van der Waals surface area contributed by atoms with Crippen LogP contribution in [0, 0.1) is 5.92 Å². The average molecular weight is 639 g/mol. The topological polar surface area (TPSA) is 123 Å². The van der Waals surface area contributed by atoms with E-state index in [1.807, 2.05) is 0 Å². The summed E-state index contributed by atoms with van der Waals surface area (Å²) in [4.78, 5) is 22.1. The number of rotatable bonds is 7. The molecule has 1 aliphatic carbocycles. The third-order valence-corrected chi connectivity index (χ3v) is 11.4. The smallest absolute Gasteiger partial charge is 0.276 e. The minimum Gasteiger partial charge on any atom is -0.390 e. The number of amides is 1. The molecule has 234 valence electrons. The number of pyridine rings is 1. The number of carbonyl (C=O) groups excluding carboxylic acids is 1. The van der Waals surface area contributed by atoms with E-state index in [0.717, 1.165) is 0 Å². The first kappa shape index (κ1) is 30.6. The van der Waals surface area contributed by atoms with Crippen LogP contribution in [0.15, 0.2) is 41.3 Å². The van der Waals surface area contributed by atoms with Crippen LogP contribution in [-0.4, -0.2) is 97.6 Å². The minimum absolute atomic E-state index is 0.0250. The van der Waals surface area contributed by atoms with Gasteiger partial charge in [-0.2, -0.15) is 4.31 Å². The Morgan fingerprint density at radius 2 is 1.63 bits per heavy atom. The molecular formula is C29H37ClF2N6O4S. The maximum atomic E-state index is 15.8. The van der Waals surface area contributed by atoms with Gasteiger partial charge in [0.2, 0.25) is 15.9 Å². The van der Waals surface area contributed by atoms with Gasteiger partial charge in [-0.25, -0.2) is 22.2 Å². The Labute approximate surface area is 255 Å². The third kappa shape index (κ3) is 6.12. The fourth-order valence-electron chi connectivity index (χ4n) is 6.75. The number of alkyl halides is 2. The van der Waals surface area contributed by atoms with Crippen LogP contribution in [-0.2, 0) is 20.7 Å². The van der Waals surface area contributed by atoms with E-state index in [1.54, 1.807) is 21.9 Å². The Hall–Kier alpha value is -2.42. The fraction of sp³-hybridized carbons (Fsp3) is 0.586. The van der Waals surface area contributed by atoms with Crippen LogP contribution in [0.1, 0.15) is 37.7 Å². The maximum absolute atomic E-state index is 15.8. The summed E-state index contributed by atoms with van der Waals surface area (Å²) < 4.78 is 59.6. The molecule has 1 amide bonds. The standard InChI is InChI=1S/C29H37ClF2N6O4S/c30-26-13-20(29(31,32)19-1-3-22(4-2-19)36-17-24(39)18-36)14-27(34-26)35-9-11-37(12-10-35)43(41,42)25-7-5-23(6-8-25)38-16-21(33)15-28(38)40/h5-8,13-14,19,21-22,24,39H,1-4,9-12,15-18,33H2/t19-,21-,22-/m1/s1. The quantitative estimate of drug-likeness (QED) is 0.444. The molecule has 0 unspecified atom stereocenters. The number of hydrogen-bond acceptors (Lipinski definition) is 8. The van der Waals surface area contributed by atoms with Crippen LogP contribution in [0.4, 0.5) is 20.3 Å². The number of aliphatic hydroxyl groups excluding tert-OH is 1. The molecule has 10 nitrogen and oxygen atoms in total. The number of β-amino-alcohol motifs (C(OH)–C–C–N with tert-alkyl or cyclic N) is 1. The molecule has 1 saturated carbocycles. The normalized spacial score (nSPS) is 26.6.